The van der Waals surface area contributed by atoms with Gasteiger partial charge in [0.1, 0.15) is 19.0 Å². The molecule has 1 atom stereocenters. The second kappa shape index (κ2) is 6.37. The Hall–Kier alpha value is -1.72. The Morgan fingerprint density at radius 2 is 1.76 bits per heavy atom. The van der Waals surface area contributed by atoms with Crippen molar-refractivity contribution in [3.63, 3.8) is 0 Å². The van der Waals surface area contributed by atoms with Crippen molar-refractivity contribution in [3.8, 4) is 11.5 Å². The molecular formula is C16H15FO3S. The van der Waals surface area contributed by atoms with Crippen molar-refractivity contribution < 1.29 is 19.0 Å². The molecule has 5 heteroatoms. The van der Waals surface area contributed by atoms with E-state index in [0.29, 0.717) is 30.5 Å². The van der Waals surface area contributed by atoms with Crippen molar-refractivity contribution in [1.29, 1.82) is 0 Å². The Labute approximate surface area is 126 Å². The van der Waals surface area contributed by atoms with Crippen molar-refractivity contribution in [2.24, 2.45) is 0 Å². The van der Waals surface area contributed by atoms with Gasteiger partial charge in [0.05, 0.1) is 6.10 Å². The number of hydrogen-bond donors (Lipinski definition) is 1. The molecule has 2 aromatic carbocycles. The minimum atomic E-state index is -0.615. The minimum absolute atomic E-state index is 0.258. The van der Waals surface area contributed by atoms with E-state index < -0.39 is 6.10 Å². The Balaban J connectivity index is 1.65. The Kier molecular flexibility index (Phi) is 4.31. The van der Waals surface area contributed by atoms with Gasteiger partial charge in [-0.25, -0.2) is 4.39 Å². The molecule has 0 bridgehead atoms. The quantitative estimate of drug-likeness (QED) is 0.879. The van der Waals surface area contributed by atoms with Gasteiger partial charge in [-0.05, 0) is 42.0 Å². The van der Waals surface area contributed by atoms with E-state index in [4.69, 9.17) is 9.47 Å². The highest BCUT2D eigenvalue weighted by Gasteiger charge is 2.15. The molecule has 3 rings (SSSR count). The molecule has 1 unspecified atom stereocenters. The van der Waals surface area contributed by atoms with Crippen LogP contribution in [-0.2, 0) is 0 Å². The highest BCUT2D eigenvalue weighted by Crippen LogP contribution is 2.34. The molecule has 2 aromatic rings. The van der Waals surface area contributed by atoms with Crippen LogP contribution in [0.4, 0.5) is 4.39 Å². The van der Waals surface area contributed by atoms with Gasteiger partial charge in [0.2, 0.25) is 0 Å². The van der Waals surface area contributed by atoms with Crippen molar-refractivity contribution in [1.82, 2.24) is 0 Å². The third-order valence-electron chi connectivity index (χ3n) is 3.17. The number of halogens is 1. The normalized spacial score (nSPS) is 14.8. The van der Waals surface area contributed by atoms with Crippen molar-refractivity contribution >= 4 is 11.8 Å². The van der Waals surface area contributed by atoms with Crippen LogP contribution < -0.4 is 9.47 Å². The van der Waals surface area contributed by atoms with E-state index in [9.17, 15) is 9.50 Å². The van der Waals surface area contributed by atoms with Crippen molar-refractivity contribution in [2.75, 3.05) is 19.0 Å². The van der Waals surface area contributed by atoms with Crippen LogP contribution >= 0.6 is 11.8 Å². The summed E-state index contributed by atoms with van der Waals surface area (Å²) in [6.07, 6.45) is -0.615. The predicted molar refractivity (Wildman–Crippen MR) is 79.5 cm³/mol. The molecule has 0 aliphatic carbocycles. The first-order valence-electron chi connectivity index (χ1n) is 6.68. The fraction of sp³-hybridized carbons (Fsp3) is 0.250. The zero-order valence-corrected chi connectivity index (χ0v) is 12.1. The van der Waals surface area contributed by atoms with Crippen LogP contribution in [0.1, 0.15) is 11.7 Å². The highest BCUT2D eigenvalue weighted by molar-refractivity contribution is 7.99. The molecule has 0 radical (unpaired) electrons. The van der Waals surface area contributed by atoms with Gasteiger partial charge in [-0.15, -0.1) is 11.8 Å². The maximum atomic E-state index is 12.8. The summed E-state index contributed by atoms with van der Waals surface area (Å²) in [5, 5.41) is 10.2. The first-order chi connectivity index (χ1) is 10.2. The number of hydrogen-bond acceptors (Lipinski definition) is 4. The smallest absolute Gasteiger partial charge is 0.161 e. The second-order valence-electron chi connectivity index (χ2n) is 4.68. The molecule has 0 spiro atoms. The molecule has 0 saturated carbocycles. The van der Waals surface area contributed by atoms with Crippen LogP contribution in [0.15, 0.2) is 47.4 Å². The Bertz CT molecular complexity index is 615. The number of aliphatic hydroxyl groups is 1. The van der Waals surface area contributed by atoms with Crippen molar-refractivity contribution in [3.05, 3.63) is 53.8 Å². The van der Waals surface area contributed by atoms with Crippen LogP contribution in [0, 0.1) is 5.82 Å². The van der Waals surface area contributed by atoms with Crippen molar-refractivity contribution in [2.45, 2.75) is 11.0 Å². The molecule has 1 heterocycles. The highest BCUT2D eigenvalue weighted by atomic mass is 32.2. The Morgan fingerprint density at radius 1 is 1.05 bits per heavy atom. The van der Waals surface area contributed by atoms with Crippen LogP contribution in [0.2, 0.25) is 0 Å². The molecule has 0 saturated heterocycles. The van der Waals surface area contributed by atoms with Gasteiger partial charge in [0.15, 0.2) is 11.5 Å². The van der Waals surface area contributed by atoms with E-state index in [1.54, 1.807) is 12.1 Å². The van der Waals surface area contributed by atoms with Crippen LogP contribution in [0.5, 0.6) is 11.5 Å². The number of fused-ring (bicyclic) bond motifs is 1. The van der Waals surface area contributed by atoms with Crippen LogP contribution in [0.25, 0.3) is 0 Å². The molecule has 1 aliphatic heterocycles. The molecule has 0 aromatic heterocycles. The van der Waals surface area contributed by atoms with Gasteiger partial charge in [-0.1, -0.05) is 6.07 Å². The average Bonchev–Trinajstić information content (AvgIpc) is 2.53. The number of aliphatic hydroxyl groups excluding tert-OH is 1. The largest absolute Gasteiger partial charge is 0.486 e. The monoisotopic (exact) mass is 306 g/mol. The number of thioether (sulfide) groups is 1. The average molecular weight is 306 g/mol. The van der Waals surface area contributed by atoms with Crippen LogP contribution in [0.3, 0.4) is 0 Å². The van der Waals surface area contributed by atoms with E-state index in [0.717, 1.165) is 10.5 Å². The fourth-order valence-corrected chi connectivity index (χ4v) is 2.94. The van der Waals surface area contributed by atoms with E-state index in [2.05, 4.69) is 0 Å². The van der Waals surface area contributed by atoms with E-state index in [1.807, 2.05) is 18.2 Å². The lowest BCUT2D eigenvalue weighted by molar-refractivity contribution is 0.169. The summed E-state index contributed by atoms with van der Waals surface area (Å²) in [5.41, 5.74) is 0.786. The maximum absolute atomic E-state index is 12.8. The molecule has 1 aliphatic rings. The third-order valence-corrected chi connectivity index (χ3v) is 4.26. The molecule has 21 heavy (non-hydrogen) atoms. The predicted octanol–water partition coefficient (Wildman–Crippen LogP) is 3.42. The fourth-order valence-electron chi connectivity index (χ4n) is 2.07. The lowest BCUT2D eigenvalue weighted by Gasteiger charge is -2.20. The van der Waals surface area contributed by atoms with Gasteiger partial charge in [-0.3, -0.25) is 0 Å². The van der Waals surface area contributed by atoms with E-state index >= 15 is 0 Å². The first kappa shape index (κ1) is 14.2. The molecule has 1 N–H and O–H groups in total. The number of rotatable bonds is 4. The topological polar surface area (TPSA) is 38.7 Å². The van der Waals surface area contributed by atoms with Gasteiger partial charge < -0.3 is 14.6 Å². The standard InChI is InChI=1S/C16H15FO3S/c17-12-2-4-13(5-3-12)21-10-14(18)11-1-6-15-16(9-11)20-8-7-19-15/h1-6,9,14,18H,7-8,10H2. The summed E-state index contributed by atoms with van der Waals surface area (Å²) >= 11 is 1.48. The summed E-state index contributed by atoms with van der Waals surface area (Å²) in [6.45, 7) is 1.08. The maximum Gasteiger partial charge on any atom is 0.161 e. The molecule has 3 nitrogen and oxygen atoms in total. The summed E-state index contributed by atoms with van der Waals surface area (Å²) < 4.78 is 23.8. The molecule has 0 fully saturated rings. The summed E-state index contributed by atoms with van der Waals surface area (Å²) in [6, 6.07) is 11.7. The molecule has 110 valence electrons. The first-order valence-corrected chi connectivity index (χ1v) is 7.67. The van der Waals surface area contributed by atoms with E-state index in [1.165, 1.54) is 23.9 Å². The minimum Gasteiger partial charge on any atom is -0.486 e. The second-order valence-corrected chi connectivity index (χ2v) is 5.78. The molecular weight excluding hydrogens is 291 g/mol. The lowest BCUT2D eigenvalue weighted by atomic mass is 10.1. The Morgan fingerprint density at radius 3 is 2.52 bits per heavy atom. The summed E-state index contributed by atoms with van der Waals surface area (Å²) in [7, 11) is 0. The van der Waals surface area contributed by atoms with Gasteiger partial charge in [-0.2, -0.15) is 0 Å². The van der Waals surface area contributed by atoms with E-state index in [-0.39, 0.29) is 5.82 Å². The summed E-state index contributed by atoms with van der Waals surface area (Å²) in [5.74, 6) is 1.62. The van der Waals surface area contributed by atoms with Gasteiger partial charge in [0, 0.05) is 10.6 Å². The van der Waals surface area contributed by atoms with Gasteiger partial charge >= 0.3 is 0 Å². The zero-order chi connectivity index (χ0) is 14.7. The number of benzene rings is 2. The summed E-state index contributed by atoms with van der Waals surface area (Å²) in [4.78, 5) is 0.924. The lowest BCUT2D eigenvalue weighted by Crippen LogP contribution is -2.15. The van der Waals surface area contributed by atoms with Gasteiger partial charge in [0.25, 0.3) is 0 Å². The van der Waals surface area contributed by atoms with Crippen LogP contribution in [-0.4, -0.2) is 24.1 Å². The zero-order valence-electron chi connectivity index (χ0n) is 11.3. The molecule has 0 amide bonds. The number of ether oxygens (including phenoxy) is 2. The third kappa shape index (κ3) is 3.49. The SMILES string of the molecule is OC(CSc1ccc(F)cc1)c1ccc2c(c1)OCCO2.